The van der Waals surface area contributed by atoms with E-state index in [0.29, 0.717) is 17.1 Å². The molecule has 0 spiro atoms. The number of hydrogen-bond donors (Lipinski definition) is 1. The van der Waals surface area contributed by atoms with Gasteiger partial charge in [-0.2, -0.15) is 5.10 Å². The summed E-state index contributed by atoms with van der Waals surface area (Å²) in [6, 6.07) is 1.68. The molecule has 1 amide bonds. The number of amides is 1. The molecule has 0 aliphatic carbocycles. The number of nitrogens with one attached hydrogen (secondary N) is 1. The fraction of sp³-hybridized carbons (Fsp3) is 0.308. The van der Waals surface area contributed by atoms with Gasteiger partial charge in [-0.25, -0.2) is 0 Å². The quantitative estimate of drug-likeness (QED) is 0.933. The SMILES string of the molecule is Cc1cnn([C@H](C)CNC(=O)c2ccncc2Cl)c1. The van der Waals surface area contributed by atoms with Crippen LogP contribution >= 0.6 is 11.6 Å². The summed E-state index contributed by atoms with van der Waals surface area (Å²) in [6.45, 7) is 4.45. The number of hydrogen-bond acceptors (Lipinski definition) is 3. The van der Waals surface area contributed by atoms with E-state index in [-0.39, 0.29) is 11.9 Å². The highest BCUT2D eigenvalue weighted by atomic mass is 35.5. The number of aromatic nitrogens is 3. The van der Waals surface area contributed by atoms with Crippen LogP contribution in [0.15, 0.2) is 30.9 Å². The summed E-state index contributed by atoms with van der Waals surface area (Å²) in [5.41, 5.74) is 1.52. The molecule has 0 fully saturated rings. The van der Waals surface area contributed by atoms with Crippen molar-refractivity contribution in [3.8, 4) is 0 Å². The maximum atomic E-state index is 12.0. The predicted molar refractivity (Wildman–Crippen MR) is 73.3 cm³/mol. The van der Waals surface area contributed by atoms with Crippen molar-refractivity contribution in [2.24, 2.45) is 0 Å². The normalized spacial score (nSPS) is 12.2. The minimum atomic E-state index is -0.205. The van der Waals surface area contributed by atoms with Crippen LogP contribution in [0.5, 0.6) is 0 Å². The summed E-state index contributed by atoms with van der Waals surface area (Å²) in [5.74, 6) is -0.205. The largest absolute Gasteiger partial charge is 0.350 e. The van der Waals surface area contributed by atoms with Crippen LogP contribution in [0.1, 0.15) is 28.9 Å². The molecule has 19 heavy (non-hydrogen) atoms. The summed E-state index contributed by atoms with van der Waals surface area (Å²) in [7, 11) is 0. The highest BCUT2D eigenvalue weighted by molar-refractivity contribution is 6.33. The Balaban J connectivity index is 1.96. The second-order valence-electron chi connectivity index (χ2n) is 4.41. The van der Waals surface area contributed by atoms with Gasteiger partial charge in [0, 0.05) is 25.1 Å². The van der Waals surface area contributed by atoms with Crippen LogP contribution in [-0.4, -0.2) is 27.2 Å². The zero-order valence-corrected chi connectivity index (χ0v) is 11.6. The van der Waals surface area contributed by atoms with E-state index < -0.39 is 0 Å². The van der Waals surface area contributed by atoms with Crippen molar-refractivity contribution in [3.63, 3.8) is 0 Å². The van der Waals surface area contributed by atoms with E-state index in [4.69, 9.17) is 11.6 Å². The first-order valence-electron chi connectivity index (χ1n) is 5.96. The van der Waals surface area contributed by atoms with Gasteiger partial charge in [-0.1, -0.05) is 11.6 Å². The fourth-order valence-electron chi connectivity index (χ4n) is 1.66. The average Bonchev–Trinajstić information content (AvgIpc) is 2.83. The Bertz CT molecular complexity index is 582. The lowest BCUT2D eigenvalue weighted by atomic mass is 10.2. The lowest BCUT2D eigenvalue weighted by molar-refractivity contribution is 0.0948. The van der Waals surface area contributed by atoms with Gasteiger partial charge in [-0.15, -0.1) is 0 Å². The van der Waals surface area contributed by atoms with Crippen LogP contribution in [0, 0.1) is 6.92 Å². The molecule has 2 aromatic heterocycles. The summed E-state index contributed by atoms with van der Waals surface area (Å²) >= 11 is 5.91. The molecule has 0 bridgehead atoms. The van der Waals surface area contributed by atoms with E-state index in [1.54, 1.807) is 18.5 Å². The molecule has 6 heteroatoms. The van der Waals surface area contributed by atoms with Crippen LogP contribution < -0.4 is 5.32 Å². The van der Waals surface area contributed by atoms with E-state index >= 15 is 0 Å². The monoisotopic (exact) mass is 278 g/mol. The molecule has 1 atom stereocenters. The van der Waals surface area contributed by atoms with Crippen molar-refractivity contribution < 1.29 is 4.79 Å². The molecule has 0 aromatic carbocycles. The molecular formula is C13H15ClN4O. The van der Waals surface area contributed by atoms with E-state index in [9.17, 15) is 4.79 Å². The van der Waals surface area contributed by atoms with Crippen molar-refractivity contribution in [3.05, 3.63) is 47.0 Å². The van der Waals surface area contributed by atoms with E-state index in [1.165, 1.54) is 6.20 Å². The van der Waals surface area contributed by atoms with Crippen LogP contribution in [-0.2, 0) is 0 Å². The lowest BCUT2D eigenvalue weighted by Crippen LogP contribution is -2.30. The number of carbonyl (C=O) groups is 1. The molecule has 5 nitrogen and oxygen atoms in total. The first kappa shape index (κ1) is 13.5. The molecule has 2 heterocycles. The average molecular weight is 279 g/mol. The van der Waals surface area contributed by atoms with Gasteiger partial charge in [0.05, 0.1) is 22.8 Å². The second kappa shape index (κ2) is 5.84. The van der Waals surface area contributed by atoms with Crippen molar-refractivity contribution in [1.29, 1.82) is 0 Å². The molecule has 0 saturated heterocycles. The van der Waals surface area contributed by atoms with Crippen LogP contribution in [0.25, 0.3) is 0 Å². The smallest absolute Gasteiger partial charge is 0.252 e. The molecule has 0 unspecified atom stereocenters. The highest BCUT2D eigenvalue weighted by Gasteiger charge is 2.12. The number of halogens is 1. The van der Waals surface area contributed by atoms with Gasteiger partial charge in [-0.05, 0) is 25.5 Å². The third kappa shape index (κ3) is 3.32. The van der Waals surface area contributed by atoms with Gasteiger partial charge in [0.2, 0.25) is 0 Å². The lowest BCUT2D eigenvalue weighted by Gasteiger charge is -2.13. The minimum Gasteiger partial charge on any atom is -0.350 e. The van der Waals surface area contributed by atoms with Crippen molar-refractivity contribution in [1.82, 2.24) is 20.1 Å². The van der Waals surface area contributed by atoms with Gasteiger partial charge in [0.1, 0.15) is 0 Å². The minimum absolute atomic E-state index is 0.0817. The Labute approximate surface area is 116 Å². The third-order valence-corrected chi connectivity index (χ3v) is 3.06. The van der Waals surface area contributed by atoms with Crippen LogP contribution in [0.3, 0.4) is 0 Å². The van der Waals surface area contributed by atoms with Crippen LogP contribution in [0.2, 0.25) is 5.02 Å². The Morgan fingerprint density at radius 1 is 1.53 bits per heavy atom. The Hall–Kier alpha value is -1.88. The number of rotatable bonds is 4. The zero-order valence-electron chi connectivity index (χ0n) is 10.8. The first-order valence-corrected chi connectivity index (χ1v) is 6.34. The molecule has 0 aliphatic heterocycles. The van der Waals surface area contributed by atoms with Gasteiger partial charge < -0.3 is 5.32 Å². The molecule has 0 saturated carbocycles. The molecule has 0 radical (unpaired) electrons. The Morgan fingerprint density at radius 2 is 2.32 bits per heavy atom. The summed E-state index contributed by atoms with van der Waals surface area (Å²) in [5, 5.41) is 7.40. The topological polar surface area (TPSA) is 59.8 Å². The van der Waals surface area contributed by atoms with Crippen molar-refractivity contribution >= 4 is 17.5 Å². The van der Waals surface area contributed by atoms with Crippen molar-refractivity contribution in [2.75, 3.05) is 6.54 Å². The number of aryl methyl sites for hydroxylation is 1. The van der Waals surface area contributed by atoms with Gasteiger partial charge in [-0.3, -0.25) is 14.5 Å². The van der Waals surface area contributed by atoms with Gasteiger partial charge in [0.25, 0.3) is 5.91 Å². The summed E-state index contributed by atoms with van der Waals surface area (Å²) in [4.78, 5) is 15.8. The Morgan fingerprint density at radius 3 is 2.95 bits per heavy atom. The number of carbonyl (C=O) groups excluding carboxylic acids is 1. The van der Waals surface area contributed by atoms with Gasteiger partial charge in [0.15, 0.2) is 0 Å². The number of pyridine rings is 1. The predicted octanol–water partition coefficient (Wildman–Crippen LogP) is 2.23. The van der Waals surface area contributed by atoms with E-state index in [2.05, 4.69) is 15.4 Å². The molecule has 100 valence electrons. The summed E-state index contributed by atoms with van der Waals surface area (Å²) in [6.07, 6.45) is 6.73. The molecule has 2 rings (SSSR count). The standard InChI is InChI=1S/C13H15ClN4O/c1-9-5-17-18(8-9)10(2)6-16-13(19)11-3-4-15-7-12(11)14/h3-5,7-8,10H,6H2,1-2H3,(H,16,19)/t10-/m1/s1. The maximum absolute atomic E-state index is 12.0. The molecule has 1 N–H and O–H groups in total. The fourth-order valence-corrected chi connectivity index (χ4v) is 1.87. The first-order chi connectivity index (χ1) is 9.08. The van der Waals surface area contributed by atoms with Crippen LogP contribution in [0.4, 0.5) is 0 Å². The van der Waals surface area contributed by atoms with Gasteiger partial charge >= 0.3 is 0 Å². The summed E-state index contributed by atoms with van der Waals surface area (Å²) < 4.78 is 1.82. The highest BCUT2D eigenvalue weighted by Crippen LogP contribution is 2.13. The molecule has 0 aliphatic rings. The van der Waals surface area contributed by atoms with Crippen molar-refractivity contribution in [2.45, 2.75) is 19.9 Å². The molecule has 2 aromatic rings. The second-order valence-corrected chi connectivity index (χ2v) is 4.82. The van der Waals surface area contributed by atoms with E-state index in [1.807, 2.05) is 24.7 Å². The number of nitrogens with zero attached hydrogens (tertiary/aromatic N) is 3. The molecular weight excluding hydrogens is 264 g/mol. The third-order valence-electron chi connectivity index (χ3n) is 2.76. The maximum Gasteiger partial charge on any atom is 0.252 e. The Kier molecular flexibility index (Phi) is 4.16. The zero-order chi connectivity index (χ0) is 13.8. The van der Waals surface area contributed by atoms with E-state index in [0.717, 1.165) is 5.56 Å².